The molecule has 3 nitrogen and oxygen atoms in total. The summed E-state index contributed by atoms with van der Waals surface area (Å²) < 4.78 is 2.34. The third-order valence-electron chi connectivity index (χ3n) is 3.98. The van der Waals surface area contributed by atoms with Crippen LogP contribution in [0.3, 0.4) is 0 Å². The van der Waals surface area contributed by atoms with Crippen LogP contribution in [0.15, 0.2) is 30.5 Å². The molecule has 0 fully saturated rings. The first-order valence-electron chi connectivity index (χ1n) is 7.52. The van der Waals surface area contributed by atoms with Crippen LogP contribution in [0.2, 0.25) is 0 Å². The van der Waals surface area contributed by atoms with Crippen LogP contribution in [0.4, 0.5) is 5.95 Å². The van der Waals surface area contributed by atoms with Gasteiger partial charge in [0.2, 0.25) is 5.95 Å². The molecular weight excluding hydrogens is 246 g/mol. The van der Waals surface area contributed by atoms with Crippen LogP contribution in [0.1, 0.15) is 43.1 Å². The lowest BCUT2D eigenvalue weighted by molar-refractivity contribution is 0.445. The van der Waals surface area contributed by atoms with Crippen molar-refractivity contribution in [2.45, 2.75) is 52.1 Å². The van der Waals surface area contributed by atoms with Crippen LogP contribution in [-0.2, 0) is 12.8 Å². The van der Waals surface area contributed by atoms with Gasteiger partial charge in [-0.3, -0.25) is 0 Å². The van der Waals surface area contributed by atoms with Crippen molar-refractivity contribution in [3.63, 3.8) is 0 Å². The van der Waals surface area contributed by atoms with Gasteiger partial charge in [0.1, 0.15) is 0 Å². The van der Waals surface area contributed by atoms with Crippen LogP contribution < -0.4 is 5.32 Å². The molecule has 1 aromatic carbocycles. The molecule has 1 aromatic heterocycles. The molecule has 1 heterocycles. The number of aryl methyl sites for hydroxylation is 2. The zero-order chi connectivity index (χ0) is 14.1. The fraction of sp³-hybridized carbons (Fsp3) is 0.471. The summed E-state index contributed by atoms with van der Waals surface area (Å²) in [6.07, 6.45) is 5.65. The third-order valence-corrected chi connectivity index (χ3v) is 3.98. The van der Waals surface area contributed by atoms with Crippen molar-refractivity contribution in [2.75, 3.05) is 5.32 Å². The Bertz CT molecular complexity index is 598. The van der Waals surface area contributed by atoms with Crippen molar-refractivity contribution in [2.24, 2.45) is 0 Å². The summed E-state index contributed by atoms with van der Waals surface area (Å²) in [5.41, 5.74) is 4.09. The van der Waals surface area contributed by atoms with Crippen molar-refractivity contribution >= 4 is 5.95 Å². The maximum absolute atomic E-state index is 4.63. The molecule has 1 atom stereocenters. The summed E-state index contributed by atoms with van der Waals surface area (Å²) in [5, 5.41) is 3.47. The van der Waals surface area contributed by atoms with Gasteiger partial charge in [-0.15, -0.1) is 0 Å². The molecule has 0 saturated carbocycles. The number of fused-ring (bicyclic) bond motifs is 1. The lowest BCUT2D eigenvalue weighted by Gasteiger charge is -2.27. The Balaban J connectivity index is 1.87. The summed E-state index contributed by atoms with van der Waals surface area (Å²) in [6.45, 7) is 6.38. The van der Waals surface area contributed by atoms with Gasteiger partial charge in [0.15, 0.2) is 0 Å². The van der Waals surface area contributed by atoms with Gasteiger partial charge < -0.3 is 9.88 Å². The lowest BCUT2D eigenvalue weighted by Crippen LogP contribution is -2.22. The molecule has 2 aromatic rings. The van der Waals surface area contributed by atoms with Gasteiger partial charge in [0.05, 0.1) is 5.69 Å². The molecule has 0 saturated heterocycles. The van der Waals surface area contributed by atoms with Gasteiger partial charge in [-0.25, -0.2) is 4.98 Å². The Hall–Kier alpha value is -1.77. The van der Waals surface area contributed by atoms with Crippen molar-refractivity contribution in [1.29, 1.82) is 0 Å². The largest absolute Gasteiger partial charge is 0.353 e. The molecular formula is C17H23N3. The molecule has 0 bridgehead atoms. The summed E-state index contributed by atoms with van der Waals surface area (Å²) in [4.78, 5) is 4.63. The number of nitrogens with one attached hydrogen (secondary N) is 1. The number of imidazole rings is 1. The second-order valence-electron chi connectivity index (χ2n) is 6.08. The first kappa shape index (κ1) is 13.2. The molecule has 0 radical (unpaired) electrons. The molecule has 106 valence electrons. The monoisotopic (exact) mass is 269 g/mol. The molecule has 1 unspecified atom stereocenters. The molecule has 0 spiro atoms. The molecule has 3 rings (SSSR count). The number of aromatic nitrogens is 2. The standard InChI is InChI=1S/C17H23N3/c1-12(2)18-17-19-13(3)11-20(17)16-9-8-14-6-4-5-7-15(14)10-16/h4-7,11-12,16H,8-10H2,1-3H3,(H,18,19). The summed E-state index contributed by atoms with van der Waals surface area (Å²) in [7, 11) is 0. The smallest absolute Gasteiger partial charge is 0.203 e. The zero-order valence-corrected chi connectivity index (χ0v) is 12.6. The van der Waals surface area contributed by atoms with E-state index in [4.69, 9.17) is 0 Å². The predicted molar refractivity (Wildman–Crippen MR) is 83.2 cm³/mol. The van der Waals surface area contributed by atoms with E-state index in [1.807, 2.05) is 0 Å². The average Bonchev–Trinajstić information content (AvgIpc) is 2.78. The van der Waals surface area contributed by atoms with Crippen molar-refractivity contribution in [1.82, 2.24) is 9.55 Å². The van der Waals surface area contributed by atoms with Crippen molar-refractivity contribution in [3.05, 3.63) is 47.3 Å². The van der Waals surface area contributed by atoms with E-state index in [-0.39, 0.29) is 0 Å². The highest BCUT2D eigenvalue weighted by atomic mass is 15.2. The fourth-order valence-electron chi connectivity index (χ4n) is 3.08. The summed E-state index contributed by atoms with van der Waals surface area (Å²) >= 11 is 0. The first-order valence-corrected chi connectivity index (χ1v) is 7.52. The van der Waals surface area contributed by atoms with Gasteiger partial charge in [-0.1, -0.05) is 24.3 Å². The Kier molecular flexibility index (Phi) is 3.51. The van der Waals surface area contributed by atoms with E-state index in [0.29, 0.717) is 12.1 Å². The second-order valence-corrected chi connectivity index (χ2v) is 6.08. The molecule has 3 heteroatoms. The van der Waals surface area contributed by atoms with Crippen molar-refractivity contribution < 1.29 is 0 Å². The topological polar surface area (TPSA) is 29.9 Å². The maximum Gasteiger partial charge on any atom is 0.203 e. The van der Waals surface area contributed by atoms with Gasteiger partial charge in [0.25, 0.3) is 0 Å². The van der Waals surface area contributed by atoms with Crippen LogP contribution in [0.25, 0.3) is 0 Å². The minimum atomic E-state index is 0.409. The van der Waals surface area contributed by atoms with Gasteiger partial charge in [0, 0.05) is 18.3 Å². The van der Waals surface area contributed by atoms with Crippen LogP contribution in [0, 0.1) is 6.92 Å². The Morgan fingerprint density at radius 2 is 2.00 bits per heavy atom. The van der Waals surface area contributed by atoms with E-state index in [9.17, 15) is 0 Å². The lowest BCUT2D eigenvalue weighted by atomic mass is 9.88. The molecule has 1 N–H and O–H groups in total. The Morgan fingerprint density at radius 3 is 2.75 bits per heavy atom. The molecule has 0 aliphatic heterocycles. The van der Waals surface area contributed by atoms with E-state index in [0.717, 1.165) is 18.1 Å². The molecule has 0 amide bonds. The predicted octanol–water partition coefficient (Wildman–Crippen LogP) is 3.74. The number of hydrogen-bond acceptors (Lipinski definition) is 2. The zero-order valence-electron chi connectivity index (χ0n) is 12.6. The van der Waals surface area contributed by atoms with Crippen molar-refractivity contribution in [3.8, 4) is 0 Å². The minimum Gasteiger partial charge on any atom is -0.353 e. The van der Waals surface area contributed by atoms with Gasteiger partial charge in [-0.2, -0.15) is 0 Å². The summed E-state index contributed by atoms with van der Waals surface area (Å²) in [5.74, 6) is 1.02. The SMILES string of the molecule is Cc1cn(C2CCc3ccccc3C2)c(NC(C)C)n1. The number of benzene rings is 1. The van der Waals surface area contributed by atoms with E-state index < -0.39 is 0 Å². The maximum atomic E-state index is 4.63. The van der Waals surface area contributed by atoms with E-state index >= 15 is 0 Å². The minimum absolute atomic E-state index is 0.409. The average molecular weight is 269 g/mol. The summed E-state index contributed by atoms with van der Waals surface area (Å²) in [6, 6.07) is 9.75. The Labute approximate surface area is 121 Å². The highest BCUT2D eigenvalue weighted by Gasteiger charge is 2.22. The molecule has 20 heavy (non-hydrogen) atoms. The number of nitrogens with zero attached hydrogens (tertiary/aromatic N) is 2. The second kappa shape index (κ2) is 5.31. The number of rotatable bonds is 3. The Morgan fingerprint density at radius 1 is 1.25 bits per heavy atom. The normalized spacial score (nSPS) is 18.1. The van der Waals surface area contributed by atoms with Crippen LogP contribution >= 0.6 is 0 Å². The fourth-order valence-corrected chi connectivity index (χ4v) is 3.08. The quantitative estimate of drug-likeness (QED) is 0.920. The molecule has 1 aliphatic rings. The first-order chi connectivity index (χ1) is 9.63. The molecule has 1 aliphatic carbocycles. The highest BCUT2D eigenvalue weighted by Crippen LogP contribution is 2.31. The van der Waals surface area contributed by atoms with E-state index in [1.165, 1.54) is 24.0 Å². The van der Waals surface area contributed by atoms with Gasteiger partial charge in [-0.05, 0) is 51.2 Å². The van der Waals surface area contributed by atoms with Gasteiger partial charge >= 0.3 is 0 Å². The van der Waals surface area contributed by atoms with Crippen LogP contribution in [0.5, 0.6) is 0 Å². The van der Waals surface area contributed by atoms with Crippen LogP contribution in [-0.4, -0.2) is 15.6 Å². The highest BCUT2D eigenvalue weighted by molar-refractivity contribution is 5.34. The third kappa shape index (κ3) is 2.58. The van der Waals surface area contributed by atoms with E-state index in [2.05, 4.69) is 66.1 Å². The number of hydrogen-bond donors (Lipinski definition) is 1. The van der Waals surface area contributed by atoms with E-state index in [1.54, 1.807) is 0 Å². The number of anilines is 1.